The van der Waals surface area contributed by atoms with Crippen molar-refractivity contribution < 1.29 is 13.2 Å². The van der Waals surface area contributed by atoms with E-state index in [-0.39, 0.29) is 22.9 Å². The molecule has 0 spiro atoms. The molecule has 6 nitrogen and oxygen atoms in total. The number of hydrogen-bond donors (Lipinski definition) is 3. The van der Waals surface area contributed by atoms with Crippen molar-refractivity contribution in [2.75, 3.05) is 18.4 Å². The number of carbonyl (C=O) groups is 1. The van der Waals surface area contributed by atoms with E-state index in [4.69, 9.17) is 0 Å². The highest BCUT2D eigenvalue weighted by atomic mass is 32.2. The van der Waals surface area contributed by atoms with Gasteiger partial charge in [0.25, 0.3) is 0 Å². The SMILES string of the molecule is CCNS(=O)(=O)c1ccccc1NCC(=O)NC(C)(C)C. The number of nitrogens with one attached hydrogen (secondary N) is 3. The molecule has 1 rings (SSSR count). The first-order valence-corrected chi connectivity index (χ1v) is 8.27. The van der Waals surface area contributed by atoms with Gasteiger partial charge in [-0.05, 0) is 32.9 Å². The van der Waals surface area contributed by atoms with E-state index in [1.807, 2.05) is 20.8 Å². The topological polar surface area (TPSA) is 87.3 Å². The van der Waals surface area contributed by atoms with Gasteiger partial charge in [0.15, 0.2) is 0 Å². The molecule has 0 saturated carbocycles. The van der Waals surface area contributed by atoms with Crippen molar-refractivity contribution in [2.24, 2.45) is 0 Å². The van der Waals surface area contributed by atoms with E-state index in [9.17, 15) is 13.2 Å². The lowest BCUT2D eigenvalue weighted by atomic mass is 10.1. The molecule has 0 aliphatic carbocycles. The van der Waals surface area contributed by atoms with Crippen LogP contribution in [0.1, 0.15) is 27.7 Å². The Hall–Kier alpha value is -1.60. The minimum atomic E-state index is -3.57. The van der Waals surface area contributed by atoms with Crippen LogP contribution in [0.15, 0.2) is 29.2 Å². The van der Waals surface area contributed by atoms with Gasteiger partial charge in [-0.15, -0.1) is 0 Å². The summed E-state index contributed by atoms with van der Waals surface area (Å²) < 4.78 is 26.6. The average Bonchev–Trinajstić information content (AvgIpc) is 2.34. The first-order valence-electron chi connectivity index (χ1n) is 6.79. The Morgan fingerprint density at radius 1 is 1.19 bits per heavy atom. The van der Waals surface area contributed by atoms with Gasteiger partial charge in [-0.1, -0.05) is 19.1 Å². The van der Waals surface area contributed by atoms with Gasteiger partial charge >= 0.3 is 0 Å². The zero-order chi connectivity index (χ0) is 16.1. The Bertz CT molecular complexity index is 592. The van der Waals surface area contributed by atoms with Crippen molar-refractivity contribution in [1.29, 1.82) is 0 Å². The summed E-state index contributed by atoms with van der Waals surface area (Å²) in [5.74, 6) is -0.196. The van der Waals surface area contributed by atoms with Gasteiger partial charge in [-0.25, -0.2) is 13.1 Å². The number of carbonyl (C=O) groups excluding carboxylic acids is 1. The van der Waals surface area contributed by atoms with Crippen molar-refractivity contribution in [3.8, 4) is 0 Å². The van der Waals surface area contributed by atoms with Crippen LogP contribution in [0.2, 0.25) is 0 Å². The quantitative estimate of drug-likeness (QED) is 0.739. The minimum absolute atomic E-state index is 0.00985. The number of para-hydroxylation sites is 1. The molecule has 0 bridgehead atoms. The second kappa shape index (κ2) is 6.91. The first kappa shape index (κ1) is 17.5. The number of hydrogen-bond acceptors (Lipinski definition) is 4. The van der Waals surface area contributed by atoms with E-state index in [0.717, 1.165) is 0 Å². The van der Waals surface area contributed by atoms with E-state index < -0.39 is 10.0 Å². The highest BCUT2D eigenvalue weighted by Gasteiger charge is 2.18. The standard InChI is InChI=1S/C14H23N3O3S/c1-5-16-21(19,20)12-9-7-6-8-11(12)15-10-13(18)17-14(2,3)4/h6-9,15-16H,5,10H2,1-4H3,(H,17,18). The van der Waals surface area contributed by atoms with Gasteiger partial charge in [-0.3, -0.25) is 4.79 Å². The average molecular weight is 313 g/mol. The van der Waals surface area contributed by atoms with Crippen LogP contribution in [0.25, 0.3) is 0 Å². The van der Waals surface area contributed by atoms with E-state index in [1.165, 1.54) is 6.07 Å². The number of anilines is 1. The van der Waals surface area contributed by atoms with Crippen LogP contribution in [0.4, 0.5) is 5.69 Å². The maximum atomic E-state index is 12.1. The van der Waals surface area contributed by atoms with Gasteiger partial charge < -0.3 is 10.6 Å². The molecule has 0 aromatic heterocycles. The van der Waals surface area contributed by atoms with Crippen LogP contribution in [-0.4, -0.2) is 33.0 Å². The van der Waals surface area contributed by atoms with Gasteiger partial charge in [0.2, 0.25) is 15.9 Å². The van der Waals surface area contributed by atoms with Crippen molar-refractivity contribution in [1.82, 2.24) is 10.0 Å². The molecule has 1 amide bonds. The van der Waals surface area contributed by atoms with E-state index >= 15 is 0 Å². The molecule has 1 aromatic rings. The van der Waals surface area contributed by atoms with Crippen LogP contribution in [0, 0.1) is 0 Å². The third kappa shape index (κ3) is 5.73. The molecule has 0 aliphatic rings. The summed E-state index contributed by atoms with van der Waals surface area (Å²) in [4.78, 5) is 11.9. The zero-order valence-corrected chi connectivity index (χ0v) is 13.7. The van der Waals surface area contributed by atoms with Gasteiger partial charge in [0.05, 0.1) is 12.2 Å². The smallest absolute Gasteiger partial charge is 0.242 e. The minimum Gasteiger partial charge on any atom is -0.375 e. The molecule has 0 saturated heterocycles. The molecule has 0 fully saturated rings. The van der Waals surface area contributed by atoms with Crippen molar-refractivity contribution in [3.63, 3.8) is 0 Å². The van der Waals surface area contributed by atoms with E-state index in [2.05, 4.69) is 15.4 Å². The molecule has 0 radical (unpaired) electrons. The van der Waals surface area contributed by atoms with Crippen molar-refractivity contribution >= 4 is 21.6 Å². The normalized spacial score (nSPS) is 12.0. The number of rotatable bonds is 6. The van der Waals surface area contributed by atoms with E-state index in [0.29, 0.717) is 12.2 Å². The van der Waals surface area contributed by atoms with Crippen LogP contribution >= 0.6 is 0 Å². The largest absolute Gasteiger partial charge is 0.375 e. The predicted octanol–water partition coefficient (Wildman–Crippen LogP) is 1.31. The third-order valence-electron chi connectivity index (χ3n) is 2.46. The Kier molecular flexibility index (Phi) is 5.74. The predicted molar refractivity (Wildman–Crippen MR) is 83.7 cm³/mol. The molecule has 0 aliphatic heterocycles. The lowest BCUT2D eigenvalue weighted by Gasteiger charge is -2.21. The Balaban J connectivity index is 2.84. The van der Waals surface area contributed by atoms with Gasteiger partial charge in [0.1, 0.15) is 4.90 Å². The van der Waals surface area contributed by atoms with Crippen LogP contribution in [-0.2, 0) is 14.8 Å². The number of amides is 1. The van der Waals surface area contributed by atoms with Crippen LogP contribution < -0.4 is 15.4 Å². The maximum Gasteiger partial charge on any atom is 0.242 e. The Morgan fingerprint density at radius 3 is 2.38 bits per heavy atom. The zero-order valence-electron chi connectivity index (χ0n) is 12.9. The molecule has 3 N–H and O–H groups in total. The molecule has 1 aromatic carbocycles. The summed E-state index contributed by atoms with van der Waals surface area (Å²) in [6.07, 6.45) is 0. The molecule has 0 unspecified atom stereocenters. The second-order valence-electron chi connectivity index (χ2n) is 5.65. The van der Waals surface area contributed by atoms with Crippen molar-refractivity contribution in [2.45, 2.75) is 38.1 Å². The fraction of sp³-hybridized carbons (Fsp3) is 0.500. The van der Waals surface area contributed by atoms with Gasteiger partial charge in [0, 0.05) is 12.1 Å². The molecule has 0 heterocycles. The fourth-order valence-corrected chi connectivity index (χ4v) is 2.98. The summed E-state index contributed by atoms with van der Waals surface area (Å²) in [6, 6.07) is 6.50. The summed E-state index contributed by atoms with van der Waals surface area (Å²) in [6.45, 7) is 7.68. The van der Waals surface area contributed by atoms with Crippen LogP contribution in [0.5, 0.6) is 0 Å². The lowest BCUT2D eigenvalue weighted by molar-refractivity contribution is -0.120. The number of sulfonamides is 1. The highest BCUT2D eigenvalue weighted by Crippen LogP contribution is 2.20. The monoisotopic (exact) mass is 313 g/mol. The Morgan fingerprint density at radius 2 is 1.81 bits per heavy atom. The molecular formula is C14H23N3O3S. The lowest BCUT2D eigenvalue weighted by Crippen LogP contribution is -2.43. The molecule has 118 valence electrons. The first-order chi connectivity index (χ1) is 9.65. The second-order valence-corrected chi connectivity index (χ2v) is 7.38. The fourth-order valence-electron chi connectivity index (χ4n) is 1.75. The maximum absolute atomic E-state index is 12.1. The Labute approximate surface area is 126 Å². The third-order valence-corrected chi connectivity index (χ3v) is 4.07. The van der Waals surface area contributed by atoms with Crippen molar-refractivity contribution in [3.05, 3.63) is 24.3 Å². The highest BCUT2D eigenvalue weighted by molar-refractivity contribution is 7.89. The molecule has 0 atom stereocenters. The van der Waals surface area contributed by atoms with Crippen LogP contribution in [0.3, 0.4) is 0 Å². The summed E-state index contributed by atoms with van der Waals surface area (Å²) in [5.41, 5.74) is 0.0798. The molecule has 7 heteroatoms. The summed E-state index contributed by atoms with van der Waals surface area (Å²) >= 11 is 0. The number of benzene rings is 1. The molecular weight excluding hydrogens is 290 g/mol. The summed E-state index contributed by atoms with van der Waals surface area (Å²) in [5, 5.41) is 5.68. The van der Waals surface area contributed by atoms with Gasteiger partial charge in [-0.2, -0.15) is 0 Å². The molecule has 21 heavy (non-hydrogen) atoms. The summed E-state index contributed by atoms with van der Waals surface area (Å²) in [7, 11) is -3.57. The van der Waals surface area contributed by atoms with E-state index in [1.54, 1.807) is 25.1 Å².